The van der Waals surface area contributed by atoms with Crippen LogP contribution in [0.4, 0.5) is 19.7 Å². The van der Waals surface area contributed by atoms with E-state index in [4.69, 9.17) is 4.74 Å². The van der Waals surface area contributed by atoms with E-state index in [2.05, 4.69) is 21.7 Å². The number of fused-ring (bicyclic) bond motifs is 1. The number of anilines is 1. The first-order valence-electron chi connectivity index (χ1n) is 11.7. The van der Waals surface area contributed by atoms with Gasteiger partial charge in [0.2, 0.25) is 0 Å². The van der Waals surface area contributed by atoms with E-state index in [0.717, 1.165) is 36.1 Å². The van der Waals surface area contributed by atoms with E-state index in [9.17, 15) is 14.0 Å². The highest BCUT2D eigenvalue weighted by molar-refractivity contribution is 5.90. The lowest BCUT2D eigenvalue weighted by Gasteiger charge is -2.30. The molecule has 9 heteroatoms. The van der Waals surface area contributed by atoms with Crippen molar-refractivity contribution in [2.45, 2.75) is 38.4 Å². The summed E-state index contributed by atoms with van der Waals surface area (Å²) in [6.07, 6.45) is 5.78. The highest BCUT2D eigenvalue weighted by Gasteiger charge is 2.25. The molecule has 0 atom stereocenters. The zero-order valence-corrected chi connectivity index (χ0v) is 18.9. The Labute approximate surface area is 197 Å². The zero-order valence-electron chi connectivity index (χ0n) is 18.9. The fourth-order valence-electron chi connectivity index (χ4n) is 4.57. The molecule has 3 aliphatic heterocycles. The summed E-state index contributed by atoms with van der Waals surface area (Å²) in [5, 5.41) is 6.01. The van der Waals surface area contributed by atoms with Gasteiger partial charge in [-0.2, -0.15) is 0 Å². The topological polar surface area (TPSA) is 86.8 Å². The minimum Gasteiger partial charge on any atom is -0.381 e. The predicted octanol–water partition coefficient (Wildman–Crippen LogP) is 3.75. The third kappa shape index (κ3) is 5.04. The Morgan fingerprint density at radius 1 is 1.06 bits per heavy atom. The number of pyridine rings is 1. The minimum absolute atomic E-state index is 0.0118. The third-order valence-electron chi connectivity index (χ3n) is 6.57. The molecule has 0 saturated carbocycles. The Morgan fingerprint density at radius 2 is 1.85 bits per heavy atom. The molecule has 2 N–H and O–H groups in total. The first kappa shape index (κ1) is 22.3. The maximum absolute atomic E-state index is 13.4. The van der Waals surface area contributed by atoms with Crippen molar-refractivity contribution in [3.05, 3.63) is 65.2 Å². The largest absolute Gasteiger partial charge is 0.381 e. The van der Waals surface area contributed by atoms with Gasteiger partial charge in [-0.05, 0) is 54.2 Å². The lowest BCUT2D eigenvalue weighted by Crippen LogP contribution is -2.47. The van der Waals surface area contributed by atoms with Crippen LogP contribution in [-0.4, -0.2) is 59.2 Å². The predicted molar refractivity (Wildman–Crippen MR) is 125 cm³/mol. The molecule has 5 rings (SSSR count). The lowest BCUT2D eigenvalue weighted by atomic mass is 9.99. The molecule has 0 spiro atoms. The normalized spacial score (nSPS) is 18.3. The second-order valence-corrected chi connectivity index (χ2v) is 8.88. The number of hydrogen-bond acceptors (Lipinski definition) is 4. The van der Waals surface area contributed by atoms with Crippen molar-refractivity contribution in [2.75, 3.05) is 31.6 Å². The van der Waals surface area contributed by atoms with Gasteiger partial charge >= 0.3 is 12.1 Å². The fraction of sp³-hybridized carbons (Fsp3) is 0.400. The van der Waals surface area contributed by atoms with Gasteiger partial charge in [-0.3, -0.25) is 4.98 Å². The molecule has 1 aromatic carbocycles. The van der Waals surface area contributed by atoms with Crippen molar-refractivity contribution in [1.82, 2.24) is 20.1 Å². The quantitative estimate of drug-likeness (QED) is 0.723. The second kappa shape index (κ2) is 9.80. The van der Waals surface area contributed by atoms with Gasteiger partial charge in [0, 0.05) is 44.6 Å². The maximum Gasteiger partial charge on any atom is 0.322 e. The van der Waals surface area contributed by atoms with Gasteiger partial charge < -0.3 is 25.2 Å². The standard InChI is InChI=1S/C25H28FN5O3/c26-20-13-19-15-31(16-23(19)27-14-20)25(33)28-21-3-1-17(2-4-21)18-5-9-30(10-6-18)24(32)29-22-7-11-34-12-8-22/h1-5,13-14,22H,6-12,15-16H2,(H,28,33)(H,29,32). The van der Waals surface area contributed by atoms with Crippen LogP contribution in [-0.2, 0) is 17.8 Å². The summed E-state index contributed by atoms with van der Waals surface area (Å²) in [6.45, 7) is 3.36. The molecule has 1 saturated heterocycles. The lowest BCUT2D eigenvalue weighted by molar-refractivity contribution is 0.0783. The first-order valence-corrected chi connectivity index (χ1v) is 11.7. The van der Waals surface area contributed by atoms with Gasteiger partial charge in [-0.1, -0.05) is 18.2 Å². The van der Waals surface area contributed by atoms with Crippen LogP contribution in [0.5, 0.6) is 0 Å². The van der Waals surface area contributed by atoms with Gasteiger partial charge in [0.05, 0.1) is 18.4 Å². The summed E-state index contributed by atoms with van der Waals surface area (Å²) in [4.78, 5) is 32.7. The summed E-state index contributed by atoms with van der Waals surface area (Å²) in [7, 11) is 0. The summed E-state index contributed by atoms with van der Waals surface area (Å²) < 4.78 is 18.7. The van der Waals surface area contributed by atoms with Crippen LogP contribution in [0.3, 0.4) is 0 Å². The number of rotatable bonds is 3. The van der Waals surface area contributed by atoms with E-state index in [0.29, 0.717) is 45.1 Å². The summed E-state index contributed by atoms with van der Waals surface area (Å²) in [6, 6.07) is 9.08. The molecule has 0 aliphatic carbocycles. The highest BCUT2D eigenvalue weighted by atomic mass is 19.1. The molecule has 178 valence electrons. The highest BCUT2D eigenvalue weighted by Crippen LogP contribution is 2.25. The van der Waals surface area contributed by atoms with Gasteiger partial charge in [0.1, 0.15) is 5.82 Å². The van der Waals surface area contributed by atoms with E-state index < -0.39 is 5.82 Å². The third-order valence-corrected chi connectivity index (χ3v) is 6.57. The average molecular weight is 466 g/mol. The molecule has 4 heterocycles. The molecule has 2 aromatic rings. The molecule has 8 nitrogen and oxygen atoms in total. The van der Waals surface area contributed by atoms with E-state index in [-0.39, 0.29) is 18.1 Å². The van der Waals surface area contributed by atoms with Crippen LogP contribution in [0, 0.1) is 5.82 Å². The number of nitrogens with zero attached hydrogens (tertiary/aromatic N) is 3. The number of ether oxygens (including phenoxy) is 1. The van der Waals surface area contributed by atoms with Crippen LogP contribution in [0.1, 0.15) is 36.1 Å². The molecule has 3 aliphatic rings. The average Bonchev–Trinajstić information content (AvgIpc) is 3.29. The van der Waals surface area contributed by atoms with Crippen LogP contribution in [0.25, 0.3) is 5.57 Å². The number of carbonyl (C=O) groups is 2. The van der Waals surface area contributed by atoms with Crippen molar-refractivity contribution >= 4 is 23.3 Å². The van der Waals surface area contributed by atoms with Gasteiger partial charge in [-0.25, -0.2) is 14.0 Å². The van der Waals surface area contributed by atoms with Crippen molar-refractivity contribution < 1.29 is 18.7 Å². The van der Waals surface area contributed by atoms with Crippen molar-refractivity contribution in [3.63, 3.8) is 0 Å². The fourth-order valence-corrected chi connectivity index (χ4v) is 4.57. The van der Waals surface area contributed by atoms with Crippen LogP contribution in [0.15, 0.2) is 42.6 Å². The second-order valence-electron chi connectivity index (χ2n) is 8.88. The molecule has 0 radical (unpaired) electrons. The number of carbonyl (C=O) groups excluding carboxylic acids is 2. The summed E-state index contributed by atoms with van der Waals surface area (Å²) in [5.41, 5.74) is 4.43. The summed E-state index contributed by atoms with van der Waals surface area (Å²) >= 11 is 0. The van der Waals surface area contributed by atoms with E-state index in [1.165, 1.54) is 17.8 Å². The number of aromatic nitrogens is 1. The Morgan fingerprint density at radius 3 is 2.59 bits per heavy atom. The molecule has 34 heavy (non-hydrogen) atoms. The summed E-state index contributed by atoms with van der Waals surface area (Å²) in [5.74, 6) is -0.392. The van der Waals surface area contributed by atoms with Crippen molar-refractivity contribution in [2.24, 2.45) is 0 Å². The minimum atomic E-state index is -0.392. The number of hydrogen-bond donors (Lipinski definition) is 2. The Bertz CT molecular complexity index is 1100. The molecule has 1 aromatic heterocycles. The number of halogens is 1. The van der Waals surface area contributed by atoms with Gasteiger partial charge in [0.15, 0.2) is 0 Å². The van der Waals surface area contributed by atoms with E-state index in [1.54, 1.807) is 4.90 Å². The molecular formula is C25H28FN5O3. The van der Waals surface area contributed by atoms with Crippen LogP contribution < -0.4 is 10.6 Å². The maximum atomic E-state index is 13.4. The Hall–Kier alpha value is -3.46. The first-order chi connectivity index (χ1) is 16.5. The van der Waals surface area contributed by atoms with E-state index >= 15 is 0 Å². The van der Waals surface area contributed by atoms with Crippen molar-refractivity contribution in [3.8, 4) is 0 Å². The van der Waals surface area contributed by atoms with Gasteiger partial charge in [0.25, 0.3) is 0 Å². The monoisotopic (exact) mass is 465 g/mol. The number of benzene rings is 1. The molecule has 0 unspecified atom stereocenters. The Balaban J connectivity index is 1.13. The zero-order chi connectivity index (χ0) is 23.5. The Kier molecular flexibility index (Phi) is 6.44. The molecule has 1 fully saturated rings. The SMILES string of the molecule is O=C(Nc1ccc(C2=CCN(C(=O)NC3CCOCC3)CC2)cc1)N1Cc2cc(F)cnc2C1. The number of nitrogens with one attached hydrogen (secondary N) is 2. The van der Waals surface area contributed by atoms with Crippen molar-refractivity contribution in [1.29, 1.82) is 0 Å². The van der Waals surface area contributed by atoms with Gasteiger partial charge in [-0.15, -0.1) is 0 Å². The molecule has 4 amide bonds. The molecule has 0 bridgehead atoms. The number of urea groups is 2. The smallest absolute Gasteiger partial charge is 0.322 e. The van der Waals surface area contributed by atoms with Crippen LogP contribution in [0.2, 0.25) is 0 Å². The van der Waals surface area contributed by atoms with Crippen LogP contribution >= 0.6 is 0 Å². The molecular weight excluding hydrogens is 437 g/mol. The number of amides is 4. The van der Waals surface area contributed by atoms with E-state index in [1.807, 2.05) is 29.2 Å².